The van der Waals surface area contributed by atoms with Crippen molar-refractivity contribution in [2.45, 2.75) is 52.4 Å². The van der Waals surface area contributed by atoms with E-state index in [4.69, 9.17) is 5.26 Å². The van der Waals surface area contributed by atoms with Crippen molar-refractivity contribution in [3.8, 4) is 6.07 Å². The van der Waals surface area contributed by atoms with E-state index < -0.39 is 0 Å². The number of aromatic nitrogens is 2. The molecule has 3 nitrogen and oxygen atoms in total. The fraction of sp³-hybridized carbons (Fsp3) is 0.533. The Morgan fingerprint density at radius 2 is 1.94 bits per heavy atom. The molecule has 0 amide bonds. The highest BCUT2D eigenvalue weighted by Gasteiger charge is 2.13. The normalized spacial score (nSPS) is 14.4. The predicted molar refractivity (Wildman–Crippen MR) is 74.1 cm³/mol. The molecule has 0 aliphatic carbocycles. The fourth-order valence-corrected chi connectivity index (χ4v) is 1.69. The van der Waals surface area contributed by atoms with Crippen molar-refractivity contribution in [1.29, 1.82) is 5.26 Å². The topological polar surface area (TPSA) is 49.6 Å². The molecule has 3 heteroatoms. The molecule has 0 aliphatic rings. The van der Waals surface area contributed by atoms with Crippen LogP contribution in [0.3, 0.4) is 0 Å². The van der Waals surface area contributed by atoms with Crippen LogP contribution in [0.4, 0.5) is 0 Å². The van der Waals surface area contributed by atoms with Crippen molar-refractivity contribution in [2.24, 2.45) is 0 Å². The van der Waals surface area contributed by atoms with Gasteiger partial charge in [0.25, 0.3) is 0 Å². The summed E-state index contributed by atoms with van der Waals surface area (Å²) in [5.74, 6) is 0.763. The molecule has 1 rings (SSSR count). The highest BCUT2D eigenvalue weighted by atomic mass is 14.8. The number of allylic oxidation sites excluding steroid dienone is 1. The summed E-state index contributed by atoms with van der Waals surface area (Å²) in [5, 5.41) is 8.65. The largest absolute Gasteiger partial charge is 0.257 e. The summed E-state index contributed by atoms with van der Waals surface area (Å²) in [6.45, 7) is 8.55. The molecule has 0 fully saturated rings. The van der Waals surface area contributed by atoms with Gasteiger partial charge in [0.15, 0.2) is 0 Å². The predicted octanol–water partition coefficient (Wildman–Crippen LogP) is 4.04. The van der Waals surface area contributed by atoms with E-state index in [1.54, 1.807) is 6.08 Å². The van der Waals surface area contributed by atoms with Crippen LogP contribution in [0.5, 0.6) is 0 Å². The molecule has 0 N–H and O–H groups in total. The minimum atomic E-state index is 0.363. The Morgan fingerprint density at radius 1 is 1.28 bits per heavy atom. The van der Waals surface area contributed by atoms with E-state index in [0.29, 0.717) is 11.8 Å². The Labute approximate surface area is 110 Å². The molecule has 2 atom stereocenters. The Hall–Kier alpha value is -1.69. The molecule has 18 heavy (non-hydrogen) atoms. The summed E-state index contributed by atoms with van der Waals surface area (Å²) in [6, 6.07) is 2.01. The van der Waals surface area contributed by atoms with Crippen LogP contribution in [0.2, 0.25) is 0 Å². The summed E-state index contributed by atoms with van der Waals surface area (Å²) in [7, 11) is 0. The Balaban J connectivity index is 3.20. The Morgan fingerprint density at radius 3 is 2.50 bits per heavy atom. The average Bonchev–Trinajstić information content (AvgIpc) is 2.42. The highest BCUT2D eigenvalue weighted by Crippen LogP contribution is 2.23. The van der Waals surface area contributed by atoms with Crippen LogP contribution in [0.25, 0.3) is 6.08 Å². The Bertz CT molecular complexity index is 457. The van der Waals surface area contributed by atoms with Gasteiger partial charge in [-0.25, -0.2) is 4.98 Å². The SMILES string of the molecule is CCC(C)c1cnc(C(C)CC)c(/C=C\C#N)n1. The van der Waals surface area contributed by atoms with Crippen molar-refractivity contribution in [3.63, 3.8) is 0 Å². The van der Waals surface area contributed by atoms with Gasteiger partial charge in [0.2, 0.25) is 0 Å². The van der Waals surface area contributed by atoms with Crippen molar-refractivity contribution in [3.05, 3.63) is 29.4 Å². The van der Waals surface area contributed by atoms with Gasteiger partial charge in [-0.3, -0.25) is 4.98 Å². The van der Waals surface area contributed by atoms with E-state index in [1.165, 1.54) is 6.08 Å². The smallest absolute Gasteiger partial charge is 0.0912 e. The summed E-state index contributed by atoms with van der Waals surface area (Å²) in [4.78, 5) is 9.20. The standard InChI is InChI=1S/C15H21N3/c1-5-11(3)14-10-17-15(12(4)6-2)13(18-14)8-7-9-16/h7-8,10-12H,5-6H2,1-4H3/b8-7-. The molecular weight excluding hydrogens is 222 g/mol. The van der Waals surface area contributed by atoms with E-state index in [0.717, 1.165) is 29.9 Å². The zero-order chi connectivity index (χ0) is 13.5. The summed E-state index contributed by atoms with van der Waals surface area (Å²) in [5.41, 5.74) is 2.82. The molecule has 0 bridgehead atoms. The number of nitriles is 1. The minimum Gasteiger partial charge on any atom is -0.257 e. The summed E-state index contributed by atoms with van der Waals surface area (Å²) >= 11 is 0. The van der Waals surface area contributed by atoms with Crippen LogP contribution in [0.15, 0.2) is 12.3 Å². The van der Waals surface area contributed by atoms with Gasteiger partial charge in [-0.15, -0.1) is 0 Å². The second-order valence-electron chi connectivity index (χ2n) is 4.65. The van der Waals surface area contributed by atoms with Gasteiger partial charge >= 0.3 is 0 Å². The van der Waals surface area contributed by atoms with E-state index in [2.05, 4.69) is 37.7 Å². The Kier molecular flexibility index (Phi) is 5.51. The van der Waals surface area contributed by atoms with Crippen LogP contribution < -0.4 is 0 Å². The second-order valence-corrected chi connectivity index (χ2v) is 4.65. The second kappa shape index (κ2) is 6.90. The first-order valence-corrected chi connectivity index (χ1v) is 6.56. The number of hydrogen-bond donors (Lipinski definition) is 0. The van der Waals surface area contributed by atoms with Crippen LogP contribution in [-0.4, -0.2) is 9.97 Å². The third-order valence-electron chi connectivity index (χ3n) is 3.36. The highest BCUT2D eigenvalue weighted by molar-refractivity contribution is 5.51. The number of nitrogens with zero attached hydrogens (tertiary/aromatic N) is 3. The van der Waals surface area contributed by atoms with Gasteiger partial charge in [-0.1, -0.05) is 27.7 Å². The lowest BCUT2D eigenvalue weighted by atomic mass is 10.0. The maximum absolute atomic E-state index is 8.65. The van der Waals surface area contributed by atoms with Crippen LogP contribution in [0.1, 0.15) is 69.5 Å². The molecule has 2 unspecified atom stereocenters. The van der Waals surface area contributed by atoms with Gasteiger partial charge in [-0.2, -0.15) is 5.26 Å². The van der Waals surface area contributed by atoms with Crippen molar-refractivity contribution in [1.82, 2.24) is 9.97 Å². The molecule has 0 saturated carbocycles. The third-order valence-corrected chi connectivity index (χ3v) is 3.36. The molecule has 1 aromatic heterocycles. The van der Waals surface area contributed by atoms with Gasteiger partial charge in [0.05, 0.1) is 23.2 Å². The zero-order valence-corrected chi connectivity index (χ0v) is 11.6. The quantitative estimate of drug-likeness (QED) is 0.733. The van der Waals surface area contributed by atoms with E-state index in [-0.39, 0.29) is 0 Å². The number of hydrogen-bond acceptors (Lipinski definition) is 3. The van der Waals surface area contributed by atoms with E-state index in [9.17, 15) is 0 Å². The molecule has 1 aromatic rings. The average molecular weight is 243 g/mol. The van der Waals surface area contributed by atoms with E-state index in [1.807, 2.05) is 12.3 Å². The number of rotatable bonds is 5. The monoisotopic (exact) mass is 243 g/mol. The van der Waals surface area contributed by atoms with Crippen molar-refractivity contribution in [2.75, 3.05) is 0 Å². The van der Waals surface area contributed by atoms with Gasteiger partial charge in [-0.05, 0) is 24.8 Å². The van der Waals surface area contributed by atoms with Crippen molar-refractivity contribution < 1.29 is 0 Å². The molecule has 0 saturated heterocycles. The summed E-state index contributed by atoms with van der Waals surface area (Å²) in [6.07, 6.45) is 7.17. The molecule has 1 heterocycles. The molecular formula is C15H21N3. The van der Waals surface area contributed by atoms with Gasteiger partial charge < -0.3 is 0 Å². The lowest BCUT2D eigenvalue weighted by molar-refractivity contribution is 0.670. The summed E-state index contributed by atoms with van der Waals surface area (Å²) < 4.78 is 0. The third kappa shape index (κ3) is 3.40. The fourth-order valence-electron chi connectivity index (χ4n) is 1.69. The van der Waals surface area contributed by atoms with Crippen molar-refractivity contribution >= 4 is 6.08 Å². The molecule has 0 aliphatic heterocycles. The molecule has 0 radical (unpaired) electrons. The van der Waals surface area contributed by atoms with E-state index >= 15 is 0 Å². The lowest BCUT2D eigenvalue weighted by Gasteiger charge is -2.14. The maximum Gasteiger partial charge on any atom is 0.0912 e. The van der Waals surface area contributed by atoms with Gasteiger partial charge in [0.1, 0.15) is 0 Å². The zero-order valence-electron chi connectivity index (χ0n) is 11.6. The molecule has 96 valence electrons. The first-order valence-electron chi connectivity index (χ1n) is 6.56. The first kappa shape index (κ1) is 14.4. The van der Waals surface area contributed by atoms with Crippen LogP contribution in [-0.2, 0) is 0 Å². The van der Waals surface area contributed by atoms with Crippen LogP contribution in [0, 0.1) is 11.3 Å². The maximum atomic E-state index is 8.65. The lowest BCUT2D eigenvalue weighted by Crippen LogP contribution is -2.06. The van der Waals surface area contributed by atoms with Crippen LogP contribution >= 0.6 is 0 Å². The first-order chi connectivity index (χ1) is 8.63. The minimum absolute atomic E-state index is 0.363. The van der Waals surface area contributed by atoms with Gasteiger partial charge in [0, 0.05) is 18.2 Å². The molecule has 0 aromatic carbocycles. The molecule has 0 spiro atoms.